The van der Waals surface area contributed by atoms with Crippen molar-refractivity contribution in [1.82, 2.24) is 4.90 Å². The van der Waals surface area contributed by atoms with Gasteiger partial charge in [0.15, 0.2) is 0 Å². The lowest BCUT2D eigenvalue weighted by Crippen LogP contribution is -2.34. The van der Waals surface area contributed by atoms with Crippen LogP contribution in [0.15, 0.2) is 18.2 Å². The van der Waals surface area contributed by atoms with Gasteiger partial charge in [-0.15, -0.1) is 0 Å². The van der Waals surface area contributed by atoms with E-state index in [-0.39, 0.29) is 0 Å². The number of nitrogens with two attached hydrogens (primary N) is 1. The van der Waals surface area contributed by atoms with Gasteiger partial charge in [0.1, 0.15) is 0 Å². The van der Waals surface area contributed by atoms with E-state index in [1.807, 2.05) is 18.2 Å². The van der Waals surface area contributed by atoms with Crippen LogP contribution in [0.25, 0.3) is 0 Å². The van der Waals surface area contributed by atoms with Crippen molar-refractivity contribution in [3.63, 3.8) is 0 Å². The third-order valence-electron chi connectivity index (χ3n) is 3.55. The van der Waals surface area contributed by atoms with Crippen LogP contribution in [0, 0.1) is 5.92 Å². The number of benzene rings is 1. The normalized spacial score (nSPS) is 24.6. The Labute approximate surface area is 108 Å². The van der Waals surface area contributed by atoms with E-state index in [1.54, 1.807) is 0 Å². The summed E-state index contributed by atoms with van der Waals surface area (Å²) in [4.78, 5) is 4.63. The van der Waals surface area contributed by atoms with Gasteiger partial charge in [-0.05, 0) is 38.2 Å². The van der Waals surface area contributed by atoms with Crippen LogP contribution in [0.1, 0.15) is 6.92 Å². The standard InChI is InChI=1S/C13H20ClN3/c1-9-7-17(8-13(9)16(2)3)12-5-4-10(15)6-11(12)14/h4-6,9,13H,7-8,15H2,1-3H3. The zero-order valence-electron chi connectivity index (χ0n) is 10.7. The van der Waals surface area contributed by atoms with Gasteiger partial charge in [0, 0.05) is 24.8 Å². The third-order valence-corrected chi connectivity index (χ3v) is 3.85. The average Bonchev–Trinajstić information content (AvgIpc) is 2.60. The predicted octanol–water partition coefficient (Wildman–Crippen LogP) is 2.31. The fraction of sp³-hybridized carbons (Fsp3) is 0.538. The number of hydrogen-bond acceptors (Lipinski definition) is 3. The summed E-state index contributed by atoms with van der Waals surface area (Å²) in [6, 6.07) is 6.34. The first-order chi connectivity index (χ1) is 7.99. The maximum Gasteiger partial charge on any atom is 0.0660 e. The molecule has 2 rings (SSSR count). The smallest absolute Gasteiger partial charge is 0.0660 e. The molecule has 1 saturated heterocycles. The van der Waals surface area contributed by atoms with E-state index in [0.717, 1.165) is 29.5 Å². The quantitative estimate of drug-likeness (QED) is 0.821. The fourth-order valence-corrected chi connectivity index (χ4v) is 2.91. The first-order valence-electron chi connectivity index (χ1n) is 5.95. The van der Waals surface area contributed by atoms with E-state index >= 15 is 0 Å². The Morgan fingerprint density at radius 1 is 1.35 bits per heavy atom. The lowest BCUT2D eigenvalue weighted by molar-refractivity contribution is 0.266. The zero-order chi connectivity index (χ0) is 12.6. The summed E-state index contributed by atoms with van der Waals surface area (Å²) in [6.45, 7) is 4.36. The largest absolute Gasteiger partial charge is 0.399 e. The van der Waals surface area contributed by atoms with Gasteiger partial charge in [0.25, 0.3) is 0 Å². The second-order valence-electron chi connectivity index (χ2n) is 5.12. The number of likely N-dealkylation sites (N-methyl/N-ethyl adjacent to an activating group) is 1. The van der Waals surface area contributed by atoms with Crippen molar-refractivity contribution in [1.29, 1.82) is 0 Å². The van der Waals surface area contributed by atoms with Crippen LogP contribution >= 0.6 is 11.6 Å². The van der Waals surface area contributed by atoms with Crippen molar-refractivity contribution >= 4 is 23.0 Å². The number of nitrogen functional groups attached to an aromatic ring is 1. The van der Waals surface area contributed by atoms with Gasteiger partial charge in [-0.3, -0.25) is 0 Å². The van der Waals surface area contributed by atoms with E-state index in [0.29, 0.717) is 12.0 Å². The molecule has 1 aromatic rings. The van der Waals surface area contributed by atoms with Gasteiger partial charge in [-0.1, -0.05) is 18.5 Å². The first-order valence-corrected chi connectivity index (χ1v) is 6.33. The molecule has 0 aromatic heterocycles. The van der Waals surface area contributed by atoms with Crippen molar-refractivity contribution in [3.8, 4) is 0 Å². The van der Waals surface area contributed by atoms with Crippen LogP contribution in [0.3, 0.4) is 0 Å². The Balaban J connectivity index is 2.19. The maximum atomic E-state index is 6.25. The number of hydrogen-bond donors (Lipinski definition) is 1. The first kappa shape index (κ1) is 12.5. The Bertz CT molecular complexity index is 406. The van der Waals surface area contributed by atoms with Gasteiger partial charge >= 0.3 is 0 Å². The molecule has 0 amide bonds. The van der Waals surface area contributed by atoms with Crippen LogP contribution in [0.5, 0.6) is 0 Å². The highest BCUT2D eigenvalue weighted by Crippen LogP contribution is 2.32. The van der Waals surface area contributed by atoms with Crippen molar-refractivity contribution in [2.45, 2.75) is 13.0 Å². The Morgan fingerprint density at radius 3 is 2.59 bits per heavy atom. The molecular weight excluding hydrogens is 234 g/mol. The molecule has 2 atom stereocenters. The summed E-state index contributed by atoms with van der Waals surface area (Å²) in [7, 11) is 4.27. The Morgan fingerprint density at radius 2 is 2.06 bits per heavy atom. The van der Waals surface area contributed by atoms with Crippen LogP contribution < -0.4 is 10.6 Å². The molecule has 4 heteroatoms. The fourth-order valence-electron chi connectivity index (χ4n) is 2.60. The van der Waals surface area contributed by atoms with Crippen molar-refractivity contribution in [2.24, 2.45) is 5.92 Å². The molecule has 0 bridgehead atoms. The molecule has 1 aromatic carbocycles. The average molecular weight is 254 g/mol. The molecule has 0 aliphatic carbocycles. The van der Waals surface area contributed by atoms with E-state index in [4.69, 9.17) is 17.3 Å². The van der Waals surface area contributed by atoms with Crippen LogP contribution in [-0.4, -0.2) is 38.1 Å². The molecule has 1 aliphatic rings. The van der Waals surface area contributed by atoms with Crippen LogP contribution in [0.2, 0.25) is 5.02 Å². The second kappa shape index (κ2) is 4.75. The number of rotatable bonds is 2. The monoisotopic (exact) mass is 253 g/mol. The van der Waals surface area contributed by atoms with Gasteiger partial charge in [0.2, 0.25) is 0 Å². The van der Waals surface area contributed by atoms with Crippen LogP contribution in [0.4, 0.5) is 11.4 Å². The van der Waals surface area contributed by atoms with E-state index in [9.17, 15) is 0 Å². The van der Waals surface area contributed by atoms with E-state index in [2.05, 4.69) is 30.8 Å². The van der Waals surface area contributed by atoms with Gasteiger partial charge < -0.3 is 15.5 Å². The molecule has 0 radical (unpaired) electrons. The molecule has 94 valence electrons. The topological polar surface area (TPSA) is 32.5 Å². The number of anilines is 2. The lowest BCUT2D eigenvalue weighted by Gasteiger charge is -2.23. The van der Waals surface area contributed by atoms with E-state index in [1.165, 1.54) is 0 Å². The molecule has 2 N–H and O–H groups in total. The predicted molar refractivity (Wildman–Crippen MR) is 74.7 cm³/mol. The van der Waals surface area contributed by atoms with E-state index < -0.39 is 0 Å². The SMILES string of the molecule is CC1CN(c2ccc(N)cc2Cl)CC1N(C)C. The molecule has 1 fully saturated rings. The highest BCUT2D eigenvalue weighted by atomic mass is 35.5. The van der Waals surface area contributed by atoms with Gasteiger partial charge in [-0.25, -0.2) is 0 Å². The summed E-state index contributed by atoms with van der Waals surface area (Å²) in [6.07, 6.45) is 0. The van der Waals surface area contributed by atoms with Crippen molar-refractivity contribution < 1.29 is 0 Å². The molecule has 3 nitrogen and oxygen atoms in total. The summed E-state index contributed by atoms with van der Waals surface area (Å²) >= 11 is 6.25. The minimum atomic E-state index is 0.587. The highest BCUT2D eigenvalue weighted by Gasteiger charge is 2.31. The number of nitrogens with zero attached hydrogens (tertiary/aromatic N) is 2. The van der Waals surface area contributed by atoms with Crippen molar-refractivity contribution in [2.75, 3.05) is 37.8 Å². The van der Waals surface area contributed by atoms with Gasteiger partial charge in [0.05, 0.1) is 10.7 Å². The molecule has 0 saturated carbocycles. The molecule has 2 unspecified atom stereocenters. The Hall–Kier alpha value is -0.930. The second-order valence-corrected chi connectivity index (χ2v) is 5.53. The summed E-state index contributed by atoms with van der Waals surface area (Å²) in [5, 5.41) is 0.747. The minimum Gasteiger partial charge on any atom is -0.399 e. The summed E-state index contributed by atoms with van der Waals surface area (Å²) < 4.78 is 0. The summed E-state index contributed by atoms with van der Waals surface area (Å²) in [5.74, 6) is 0.651. The molecule has 17 heavy (non-hydrogen) atoms. The molecule has 1 heterocycles. The van der Waals surface area contributed by atoms with Crippen molar-refractivity contribution in [3.05, 3.63) is 23.2 Å². The number of halogens is 1. The molecule has 1 aliphatic heterocycles. The summed E-state index contributed by atoms with van der Waals surface area (Å²) in [5.41, 5.74) is 7.53. The third kappa shape index (κ3) is 2.50. The molecule has 0 spiro atoms. The minimum absolute atomic E-state index is 0.587. The van der Waals surface area contributed by atoms with Crippen LogP contribution in [-0.2, 0) is 0 Å². The highest BCUT2D eigenvalue weighted by molar-refractivity contribution is 6.33. The maximum absolute atomic E-state index is 6.25. The zero-order valence-corrected chi connectivity index (χ0v) is 11.4. The van der Waals surface area contributed by atoms with Gasteiger partial charge in [-0.2, -0.15) is 0 Å². The Kier molecular flexibility index (Phi) is 3.50. The lowest BCUT2D eigenvalue weighted by atomic mass is 10.1. The molecular formula is C13H20ClN3.